The highest BCUT2D eigenvalue weighted by atomic mass is 16.3. The number of aliphatic hydroxyl groups is 2. The van der Waals surface area contributed by atoms with Crippen molar-refractivity contribution in [2.45, 2.75) is 64.2 Å². The van der Waals surface area contributed by atoms with E-state index in [1.54, 1.807) is 0 Å². The van der Waals surface area contributed by atoms with Gasteiger partial charge in [-0.15, -0.1) is 0 Å². The molecule has 0 spiro atoms. The first-order valence-corrected chi connectivity index (χ1v) is 8.88. The van der Waals surface area contributed by atoms with Crippen molar-refractivity contribution in [1.29, 1.82) is 0 Å². The third-order valence-corrected chi connectivity index (χ3v) is 7.59. The Hall–Kier alpha value is -0.640. The zero-order valence-electron chi connectivity index (χ0n) is 13.7. The molecule has 2 saturated carbocycles. The van der Waals surface area contributed by atoms with E-state index in [1.807, 2.05) is 6.08 Å². The van der Waals surface area contributed by atoms with Crippen LogP contribution in [-0.2, 0) is 0 Å². The van der Waals surface area contributed by atoms with Crippen molar-refractivity contribution in [1.82, 2.24) is 0 Å². The number of aliphatic hydroxyl groups excluding tert-OH is 2. The number of allylic oxidation sites excluding steroid dienone is 2. The summed E-state index contributed by atoms with van der Waals surface area (Å²) in [5, 5.41) is 20.5. The van der Waals surface area contributed by atoms with Gasteiger partial charge in [0.25, 0.3) is 0 Å². The highest BCUT2D eigenvalue weighted by molar-refractivity contribution is 5.35. The first-order valence-electron chi connectivity index (χ1n) is 8.88. The molecule has 0 bridgehead atoms. The van der Waals surface area contributed by atoms with Crippen LogP contribution in [0.2, 0.25) is 0 Å². The third-order valence-electron chi connectivity index (χ3n) is 7.59. The zero-order valence-corrected chi connectivity index (χ0v) is 13.7. The lowest BCUT2D eigenvalue weighted by Gasteiger charge is -2.56. The molecule has 0 aromatic carbocycles. The SMILES string of the molecule is C[C@]12CC=C3[C@@H]([C@@H](N)C[C@@H]4C[C@@H](O)C=C[C@]34C)[C@@H]1CC[C@@H]2O. The highest BCUT2D eigenvalue weighted by Crippen LogP contribution is 2.62. The summed E-state index contributed by atoms with van der Waals surface area (Å²) in [6.07, 6.45) is 10.9. The van der Waals surface area contributed by atoms with Crippen molar-refractivity contribution < 1.29 is 10.2 Å². The van der Waals surface area contributed by atoms with Crippen LogP contribution in [0.5, 0.6) is 0 Å². The van der Waals surface area contributed by atoms with Crippen LogP contribution >= 0.6 is 0 Å². The molecule has 4 aliphatic rings. The van der Waals surface area contributed by atoms with Gasteiger partial charge in [-0.1, -0.05) is 37.6 Å². The average molecular weight is 303 g/mol. The largest absolute Gasteiger partial charge is 0.393 e. The van der Waals surface area contributed by atoms with Crippen molar-refractivity contribution in [2.75, 3.05) is 0 Å². The molecule has 4 N–H and O–H groups in total. The van der Waals surface area contributed by atoms with E-state index in [0.717, 1.165) is 32.1 Å². The van der Waals surface area contributed by atoms with Crippen LogP contribution in [0.25, 0.3) is 0 Å². The smallest absolute Gasteiger partial charge is 0.0724 e. The molecular weight excluding hydrogens is 274 g/mol. The number of hydrogen-bond donors (Lipinski definition) is 3. The number of fused-ring (bicyclic) bond motifs is 5. The summed E-state index contributed by atoms with van der Waals surface area (Å²) in [5.74, 6) is 1.35. The van der Waals surface area contributed by atoms with E-state index in [9.17, 15) is 10.2 Å². The predicted octanol–water partition coefficient (Wildman–Crippen LogP) is 2.38. The van der Waals surface area contributed by atoms with Crippen LogP contribution in [-0.4, -0.2) is 28.5 Å². The second-order valence-corrected chi connectivity index (χ2v) is 8.64. The maximum Gasteiger partial charge on any atom is 0.0724 e. The maximum atomic E-state index is 10.5. The van der Waals surface area contributed by atoms with Crippen LogP contribution in [0.1, 0.15) is 46.0 Å². The van der Waals surface area contributed by atoms with Gasteiger partial charge in [-0.2, -0.15) is 0 Å². The zero-order chi connectivity index (χ0) is 15.7. The highest BCUT2D eigenvalue weighted by Gasteiger charge is 2.58. The summed E-state index contributed by atoms with van der Waals surface area (Å²) < 4.78 is 0. The fourth-order valence-corrected chi connectivity index (χ4v) is 6.12. The Morgan fingerprint density at radius 3 is 2.73 bits per heavy atom. The first-order chi connectivity index (χ1) is 10.4. The second kappa shape index (κ2) is 4.68. The van der Waals surface area contributed by atoms with Crippen molar-refractivity contribution >= 4 is 0 Å². The van der Waals surface area contributed by atoms with Crippen molar-refractivity contribution in [3.8, 4) is 0 Å². The van der Waals surface area contributed by atoms with Gasteiger partial charge in [-0.25, -0.2) is 0 Å². The lowest BCUT2D eigenvalue weighted by molar-refractivity contribution is -0.00479. The van der Waals surface area contributed by atoms with Gasteiger partial charge in [-0.3, -0.25) is 0 Å². The van der Waals surface area contributed by atoms with E-state index in [4.69, 9.17) is 5.73 Å². The van der Waals surface area contributed by atoms with Crippen LogP contribution in [0.4, 0.5) is 0 Å². The minimum Gasteiger partial charge on any atom is -0.393 e. The lowest BCUT2D eigenvalue weighted by atomic mass is 9.49. The molecule has 22 heavy (non-hydrogen) atoms. The van der Waals surface area contributed by atoms with Crippen molar-refractivity contribution in [3.63, 3.8) is 0 Å². The van der Waals surface area contributed by atoms with Gasteiger partial charge < -0.3 is 15.9 Å². The van der Waals surface area contributed by atoms with Gasteiger partial charge >= 0.3 is 0 Å². The molecule has 0 saturated heterocycles. The average Bonchev–Trinajstić information content (AvgIpc) is 2.77. The van der Waals surface area contributed by atoms with Gasteiger partial charge in [0.1, 0.15) is 0 Å². The molecule has 0 amide bonds. The fourth-order valence-electron chi connectivity index (χ4n) is 6.12. The van der Waals surface area contributed by atoms with Gasteiger partial charge in [0.05, 0.1) is 12.2 Å². The standard InChI is InChI=1S/C19H29NO2/c1-18-7-5-12(21)9-11(18)10-15(20)17-13-3-4-16(22)19(13,2)8-6-14(17)18/h5-7,11-13,15-17,21-22H,3-4,8-10,20H2,1-2H3/t11-,12-,13-,15-,16-,17-,18-,19-/m0/s1. The Balaban J connectivity index is 1.78. The van der Waals surface area contributed by atoms with Crippen molar-refractivity contribution in [2.24, 2.45) is 34.3 Å². The number of rotatable bonds is 0. The quantitative estimate of drug-likeness (QED) is 0.602. The van der Waals surface area contributed by atoms with E-state index in [1.165, 1.54) is 5.57 Å². The molecule has 0 aromatic heterocycles. The lowest BCUT2D eigenvalue weighted by Crippen LogP contribution is -2.55. The minimum absolute atomic E-state index is 0.00682. The fraction of sp³-hybridized carbons (Fsp3) is 0.789. The molecule has 122 valence electrons. The molecule has 0 aliphatic heterocycles. The molecule has 2 fully saturated rings. The predicted molar refractivity (Wildman–Crippen MR) is 87.0 cm³/mol. The Bertz CT molecular complexity index is 542. The topological polar surface area (TPSA) is 66.5 Å². The molecule has 4 rings (SSSR count). The number of nitrogens with two attached hydrogens (primary N) is 1. The minimum atomic E-state index is -0.315. The monoisotopic (exact) mass is 303 g/mol. The maximum absolute atomic E-state index is 10.5. The van der Waals surface area contributed by atoms with Crippen molar-refractivity contribution in [3.05, 3.63) is 23.8 Å². The van der Waals surface area contributed by atoms with E-state index in [0.29, 0.717) is 17.8 Å². The summed E-state index contributed by atoms with van der Waals surface area (Å²) >= 11 is 0. The molecule has 0 radical (unpaired) electrons. The normalized spacial score (nSPS) is 56.9. The Kier molecular flexibility index (Phi) is 3.18. The van der Waals surface area contributed by atoms with Crippen LogP contribution < -0.4 is 5.73 Å². The molecule has 8 atom stereocenters. The van der Waals surface area contributed by atoms with Gasteiger partial charge in [0.15, 0.2) is 0 Å². The van der Waals surface area contributed by atoms with Crippen LogP contribution in [0, 0.1) is 28.6 Å². The Labute approximate surface area is 133 Å². The Morgan fingerprint density at radius 2 is 1.95 bits per heavy atom. The second-order valence-electron chi connectivity index (χ2n) is 8.64. The van der Waals surface area contributed by atoms with E-state index in [2.05, 4.69) is 26.0 Å². The van der Waals surface area contributed by atoms with Crippen LogP contribution in [0.3, 0.4) is 0 Å². The third kappa shape index (κ3) is 1.79. The van der Waals surface area contributed by atoms with E-state index in [-0.39, 0.29) is 29.1 Å². The van der Waals surface area contributed by atoms with E-state index < -0.39 is 0 Å². The number of hydrogen-bond acceptors (Lipinski definition) is 3. The summed E-state index contributed by atoms with van der Waals surface area (Å²) in [6.45, 7) is 4.59. The van der Waals surface area contributed by atoms with Gasteiger partial charge in [0, 0.05) is 16.9 Å². The van der Waals surface area contributed by atoms with E-state index >= 15 is 0 Å². The first kappa shape index (κ1) is 14.9. The molecular formula is C19H29NO2. The summed E-state index contributed by atoms with van der Waals surface area (Å²) in [6, 6.07) is 0.165. The Morgan fingerprint density at radius 1 is 1.18 bits per heavy atom. The molecule has 4 aliphatic carbocycles. The van der Waals surface area contributed by atoms with Gasteiger partial charge in [-0.05, 0) is 49.9 Å². The van der Waals surface area contributed by atoms with Gasteiger partial charge in [0.2, 0.25) is 0 Å². The molecule has 0 heterocycles. The molecule has 3 heteroatoms. The van der Waals surface area contributed by atoms with Crippen LogP contribution in [0.15, 0.2) is 23.8 Å². The summed E-state index contributed by atoms with van der Waals surface area (Å²) in [5.41, 5.74) is 8.19. The summed E-state index contributed by atoms with van der Waals surface area (Å²) in [4.78, 5) is 0. The molecule has 0 aromatic rings. The summed E-state index contributed by atoms with van der Waals surface area (Å²) in [7, 11) is 0. The molecule has 0 unspecified atom stereocenters. The molecule has 3 nitrogen and oxygen atoms in total.